The largest absolute Gasteiger partial charge is 0.481 e. The van der Waals surface area contributed by atoms with Gasteiger partial charge in [-0.25, -0.2) is 4.98 Å². The SMILES string of the molecule is COc1cc(C(=O)N2CCN(Cc3ncccc3C)CC2)ccn1. The minimum absolute atomic E-state index is 0.0318. The molecular weight excluding hydrogens is 304 g/mol. The monoisotopic (exact) mass is 326 g/mol. The Labute approximate surface area is 142 Å². The highest BCUT2D eigenvalue weighted by molar-refractivity contribution is 5.94. The molecule has 1 amide bonds. The third-order valence-electron chi connectivity index (χ3n) is 4.34. The molecule has 24 heavy (non-hydrogen) atoms. The molecule has 6 heteroatoms. The van der Waals surface area contributed by atoms with Crippen LogP contribution in [-0.4, -0.2) is 59.0 Å². The zero-order chi connectivity index (χ0) is 16.9. The van der Waals surface area contributed by atoms with Crippen molar-refractivity contribution in [3.63, 3.8) is 0 Å². The van der Waals surface area contributed by atoms with Crippen LogP contribution in [0.4, 0.5) is 0 Å². The number of nitrogens with zero attached hydrogens (tertiary/aromatic N) is 4. The Morgan fingerprint density at radius 2 is 1.96 bits per heavy atom. The Bertz CT molecular complexity index is 712. The maximum Gasteiger partial charge on any atom is 0.254 e. The number of aryl methyl sites for hydroxylation is 1. The number of rotatable bonds is 4. The van der Waals surface area contributed by atoms with Crippen molar-refractivity contribution >= 4 is 5.91 Å². The van der Waals surface area contributed by atoms with Gasteiger partial charge in [0, 0.05) is 56.7 Å². The molecule has 1 saturated heterocycles. The van der Waals surface area contributed by atoms with E-state index in [-0.39, 0.29) is 5.91 Å². The molecule has 0 aromatic carbocycles. The van der Waals surface area contributed by atoms with Crippen molar-refractivity contribution < 1.29 is 9.53 Å². The van der Waals surface area contributed by atoms with E-state index in [2.05, 4.69) is 27.9 Å². The molecule has 0 bridgehead atoms. The lowest BCUT2D eigenvalue weighted by molar-refractivity contribution is 0.0626. The van der Waals surface area contributed by atoms with Gasteiger partial charge in [-0.3, -0.25) is 14.7 Å². The molecule has 3 heterocycles. The molecule has 0 saturated carbocycles. The number of methoxy groups -OCH3 is 1. The summed E-state index contributed by atoms with van der Waals surface area (Å²) in [7, 11) is 1.55. The first-order chi connectivity index (χ1) is 11.7. The van der Waals surface area contributed by atoms with Crippen LogP contribution in [0.1, 0.15) is 21.6 Å². The molecular formula is C18H22N4O2. The second-order valence-corrected chi connectivity index (χ2v) is 5.92. The number of aromatic nitrogens is 2. The summed E-state index contributed by atoms with van der Waals surface area (Å²) in [4.78, 5) is 25.3. The van der Waals surface area contributed by atoms with E-state index in [0.29, 0.717) is 11.4 Å². The van der Waals surface area contributed by atoms with E-state index in [9.17, 15) is 4.79 Å². The van der Waals surface area contributed by atoms with Gasteiger partial charge in [0.2, 0.25) is 5.88 Å². The van der Waals surface area contributed by atoms with Gasteiger partial charge in [-0.05, 0) is 24.6 Å². The first kappa shape index (κ1) is 16.4. The van der Waals surface area contributed by atoms with Crippen LogP contribution in [0.5, 0.6) is 5.88 Å². The lowest BCUT2D eigenvalue weighted by atomic mass is 10.2. The summed E-state index contributed by atoms with van der Waals surface area (Å²) in [5.74, 6) is 0.495. The van der Waals surface area contributed by atoms with E-state index in [1.54, 1.807) is 25.4 Å². The third-order valence-corrected chi connectivity index (χ3v) is 4.34. The summed E-state index contributed by atoms with van der Waals surface area (Å²) < 4.78 is 5.09. The number of ether oxygens (including phenoxy) is 1. The van der Waals surface area contributed by atoms with Gasteiger partial charge in [0.15, 0.2) is 0 Å². The predicted octanol–water partition coefficient (Wildman–Crippen LogP) is 1.75. The number of hydrogen-bond donors (Lipinski definition) is 0. The number of hydrogen-bond acceptors (Lipinski definition) is 5. The molecule has 2 aromatic heterocycles. The van der Waals surface area contributed by atoms with Crippen LogP contribution in [0.2, 0.25) is 0 Å². The van der Waals surface area contributed by atoms with E-state index in [1.807, 2.05) is 17.2 Å². The average Bonchev–Trinajstić information content (AvgIpc) is 2.64. The molecule has 126 valence electrons. The van der Waals surface area contributed by atoms with Crippen LogP contribution in [-0.2, 0) is 6.54 Å². The number of amides is 1. The summed E-state index contributed by atoms with van der Waals surface area (Å²) in [6.07, 6.45) is 3.44. The molecule has 2 aromatic rings. The number of pyridine rings is 2. The summed E-state index contributed by atoms with van der Waals surface area (Å²) in [5, 5.41) is 0. The van der Waals surface area contributed by atoms with Crippen LogP contribution < -0.4 is 4.74 Å². The van der Waals surface area contributed by atoms with Crippen molar-refractivity contribution in [2.24, 2.45) is 0 Å². The van der Waals surface area contributed by atoms with Crippen molar-refractivity contribution in [1.82, 2.24) is 19.8 Å². The van der Waals surface area contributed by atoms with Crippen LogP contribution in [0.15, 0.2) is 36.7 Å². The van der Waals surface area contributed by atoms with Gasteiger partial charge >= 0.3 is 0 Å². The second kappa shape index (κ2) is 7.40. The molecule has 6 nitrogen and oxygen atoms in total. The van der Waals surface area contributed by atoms with Gasteiger partial charge in [-0.1, -0.05) is 6.07 Å². The number of piperazine rings is 1. The standard InChI is InChI=1S/C18H22N4O2/c1-14-4-3-6-19-16(14)13-21-8-10-22(11-9-21)18(23)15-5-7-20-17(12-15)24-2/h3-7,12H,8-11,13H2,1-2H3. The van der Waals surface area contributed by atoms with E-state index in [1.165, 1.54) is 5.56 Å². The molecule has 0 aliphatic carbocycles. The van der Waals surface area contributed by atoms with Gasteiger partial charge in [-0.2, -0.15) is 0 Å². The Morgan fingerprint density at radius 1 is 1.17 bits per heavy atom. The van der Waals surface area contributed by atoms with Crippen molar-refractivity contribution in [2.45, 2.75) is 13.5 Å². The van der Waals surface area contributed by atoms with Crippen molar-refractivity contribution in [3.8, 4) is 5.88 Å². The third kappa shape index (κ3) is 3.71. The Hall–Kier alpha value is -2.47. The van der Waals surface area contributed by atoms with Gasteiger partial charge < -0.3 is 9.64 Å². The molecule has 3 rings (SSSR count). The van der Waals surface area contributed by atoms with Gasteiger partial charge in [0.05, 0.1) is 12.8 Å². The van der Waals surface area contributed by atoms with Crippen LogP contribution in [0.3, 0.4) is 0 Å². The first-order valence-corrected chi connectivity index (χ1v) is 8.09. The summed E-state index contributed by atoms with van der Waals surface area (Å²) in [6.45, 7) is 6.05. The molecule has 1 aliphatic rings. The smallest absolute Gasteiger partial charge is 0.254 e. The fourth-order valence-electron chi connectivity index (χ4n) is 2.84. The normalized spacial score (nSPS) is 15.3. The van der Waals surface area contributed by atoms with Gasteiger partial charge in [0.25, 0.3) is 5.91 Å². The molecule has 1 fully saturated rings. The van der Waals surface area contributed by atoms with Gasteiger partial charge in [-0.15, -0.1) is 0 Å². The number of carbonyl (C=O) groups excluding carboxylic acids is 1. The lowest BCUT2D eigenvalue weighted by Gasteiger charge is -2.34. The van der Waals surface area contributed by atoms with E-state index in [4.69, 9.17) is 4.74 Å². The zero-order valence-corrected chi connectivity index (χ0v) is 14.1. The topological polar surface area (TPSA) is 58.6 Å². The molecule has 0 atom stereocenters. The van der Waals surface area contributed by atoms with Gasteiger partial charge in [0.1, 0.15) is 0 Å². The van der Waals surface area contributed by atoms with Crippen molar-refractivity contribution in [3.05, 3.63) is 53.5 Å². The summed E-state index contributed by atoms with van der Waals surface area (Å²) >= 11 is 0. The van der Waals surface area contributed by atoms with E-state index < -0.39 is 0 Å². The van der Waals surface area contributed by atoms with Crippen LogP contribution in [0.25, 0.3) is 0 Å². The lowest BCUT2D eigenvalue weighted by Crippen LogP contribution is -2.48. The fourth-order valence-corrected chi connectivity index (χ4v) is 2.84. The zero-order valence-electron chi connectivity index (χ0n) is 14.1. The second-order valence-electron chi connectivity index (χ2n) is 5.92. The highest BCUT2D eigenvalue weighted by Gasteiger charge is 2.23. The Morgan fingerprint density at radius 3 is 2.67 bits per heavy atom. The maximum absolute atomic E-state index is 12.6. The fraction of sp³-hybridized carbons (Fsp3) is 0.389. The van der Waals surface area contributed by atoms with Crippen molar-refractivity contribution in [1.29, 1.82) is 0 Å². The predicted molar refractivity (Wildman–Crippen MR) is 90.9 cm³/mol. The van der Waals surface area contributed by atoms with E-state index in [0.717, 1.165) is 38.4 Å². The molecule has 0 unspecified atom stereocenters. The Kier molecular flexibility index (Phi) is 5.05. The molecule has 0 N–H and O–H groups in total. The highest BCUT2D eigenvalue weighted by atomic mass is 16.5. The molecule has 0 spiro atoms. The first-order valence-electron chi connectivity index (χ1n) is 8.09. The minimum atomic E-state index is 0.0318. The molecule has 0 radical (unpaired) electrons. The quantitative estimate of drug-likeness (QED) is 0.857. The van der Waals surface area contributed by atoms with Crippen LogP contribution in [0, 0.1) is 6.92 Å². The van der Waals surface area contributed by atoms with Crippen LogP contribution >= 0.6 is 0 Å². The van der Waals surface area contributed by atoms with E-state index >= 15 is 0 Å². The highest BCUT2D eigenvalue weighted by Crippen LogP contribution is 2.14. The maximum atomic E-state index is 12.6. The van der Waals surface area contributed by atoms with Crippen molar-refractivity contribution in [2.75, 3.05) is 33.3 Å². The average molecular weight is 326 g/mol. The number of carbonyl (C=O) groups is 1. The minimum Gasteiger partial charge on any atom is -0.481 e. The summed E-state index contributed by atoms with van der Waals surface area (Å²) in [6, 6.07) is 7.46. The molecule has 1 aliphatic heterocycles. The summed E-state index contributed by atoms with van der Waals surface area (Å²) in [5.41, 5.74) is 2.94. The Balaban J connectivity index is 1.58.